The Kier molecular flexibility index (Phi) is 3.99. The first-order chi connectivity index (χ1) is 9.41. The molecule has 4 amide bonds. The smallest absolute Gasteiger partial charge is 0.325 e. The van der Waals surface area contributed by atoms with Gasteiger partial charge in [-0.05, 0) is 26.7 Å². The van der Waals surface area contributed by atoms with E-state index < -0.39 is 5.54 Å². The van der Waals surface area contributed by atoms with Gasteiger partial charge in [-0.25, -0.2) is 4.79 Å². The topological polar surface area (TPSA) is 95.7 Å². The highest BCUT2D eigenvalue weighted by Crippen LogP contribution is 2.30. The van der Waals surface area contributed by atoms with Crippen LogP contribution in [0.2, 0.25) is 0 Å². The van der Waals surface area contributed by atoms with Crippen molar-refractivity contribution in [2.24, 2.45) is 5.73 Å². The molecule has 0 aromatic carbocycles. The number of nitrogens with one attached hydrogen (secondary N) is 1. The summed E-state index contributed by atoms with van der Waals surface area (Å²) in [6.45, 7) is 4.93. The van der Waals surface area contributed by atoms with Gasteiger partial charge in [0.15, 0.2) is 0 Å². The van der Waals surface area contributed by atoms with Gasteiger partial charge >= 0.3 is 6.03 Å². The number of amides is 4. The molecule has 2 aliphatic heterocycles. The lowest BCUT2D eigenvalue weighted by atomic mass is 9.87. The SMILES string of the molecule is CC(C)N1C(=O)NC2(CCN(C(=O)CCN)CC2)C1=O. The predicted octanol–water partition coefficient (Wildman–Crippen LogP) is -0.343. The van der Waals surface area contributed by atoms with Gasteiger partial charge in [0.25, 0.3) is 5.91 Å². The molecule has 0 aromatic rings. The molecule has 0 unspecified atom stereocenters. The Hall–Kier alpha value is -1.63. The molecule has 2 fully saturated rings. The van der Waals surface area contributed by atoms with Crippen LogP contribution in [0.4, 0.5) is 4.79 Å². The largest absolute Gasteiger partial charge is 0.342 e. The van der Waals surface area contributed by atoms with Gasteiger partial charge < -0.3 is 16.0 Å². The van der Waals surface area contributed by atoms with Gasteiger partial charge in [-0.2, -0.15) is 0 Å². The van der Waals surface area contributed by atoms with Crippen molar-refractivity contribution in [3.05, 3.63) is 0 Å². The number of imide groups is 1. The molecule has 2 saturated heterocycles. The maximum absolute atomic E-state index is 12.5. The van der Waals surface area contributed by atoms with E-state index in [-0.39, 0.29) is 23.9 Å². The molecule has 0 bridgehead atoms. The number of likely N-dealkylation sites (tertiary alicyclic amines) is 1. The Labute approximate surface area is 118 Å². The highest BCUT2D eigenvalue weighted by Gasteiger charge is 2.53. The van der Waals surface area contributed by atoms with Crippen LogP contribution in [0.1, 0.15) is 33.1 Å². The first-order valence-electron chi connectivity index (χ1n) is 7.05. The molecule has 0 saturated carbocycles. The third-order valence-corrected chi connectivity index (χ3v) is 4.04. The fourth-order valence-electron chi connectivity index (χ4n) is 2.87. The van der Waals surface area contributed by atoms with E-state index >= 15 is 0 Å². The van der Waals surface area contributed by atoms with E-state index in [0.717, 1.165) is 0 Å². The zero-order valence-electron chi connectivity index (χ0n) is 12.0. The normalized spacial score (nSPS) is 21.8. The molecule has 20 heavy (non-hydrogen) atoms. The van der Waals surface area contributed by atoms with Crippen LogP contribution in [0.25, 0.3) is 0 Å². The summed E-state index contributed by atoms with van der Waals surface area (Å²) in [5, 5.41) is 2.82. The minimum Gasteiger partial charge on any atom is -0.342 e. The summed E-state index contributed by atoms with van der Waals surface area (Å²) >= 11 is 0. The van der Waals surface area contributed by atoms with Crippen molar-refractivity contribution < 1.29 is 14.4 Å². The Bertz CT molecular complexity index is 427. The quantitative estimate of drug-likeness (QED) is 0.692. The zero-order valence-corrected chi connectivity index (χ0v) is 12.0. The summed E-state index contributed by atoms with van der Waals surface area (Å²) < 4.78 is 0. The van der Waals surface area contributed by atoms with Crippen LogP contribution < -0.4 is 11.1 Å². The number of urea groups is 1. The zero-order chi connectivity index (χ0) is 14.9. The molecule has 2 heterocycles. The molecule has 3 N–H and O–H groups in total. The second kappa shape index (κ2) is 5.40. The van der Waals surface area contributed by atoms with Gasteiger partial charge in [-0.1, -0.05) is 0 Å². The predicted molar refractivity (Wildman–Crippen MR) is 72.7 cm³/mol. The summed E-state index contributed by atoms with van der Waals surface area (Å²) in [6, 6.07) is -0.481. The lowest BCUT2D eigenvalue weighted by molar-refractivity contribution is -0.139. The highest BCUT2D eigenvalue weighted by atomic mass is 16.2. The summed E-state index contributed by atoms with van der Waals surface area (Å²) in [5.74, 6) is -0.150. The maximum Gasteiger partial charge on any atom is 0.325 e. The van der Waals surface area contributed by atoms with Crippen molar-refractivity contribution in [1.29, 1.82) is 0 Å². The van der Waals surface area contributed by atoms with Crippen LogP contribution in [0, 0.1) is 0 Å². The van der Waals surface area contributed by atoms with E-state index in [1.54, 1.807) is 4.90 Å². The van der Waals surface area contributed by atoms with E-state index in [0.29, 0.717) is 38.9 Å². The molecule has 0 aromatic heterocycles. The van der Waals surface area contributed by atoms with Crippen molar-refractivity contribution >= 4 is 17.8 Å². The van der Waals surface area contributed by atoms with Crippen molar-refractivity contribution in [3.63, 3.8) is 0 Å². The lowest BCUT2D eigenvalue weighted by Gasteiger charge is -2.37. The molecule has 2 rings (SSSR count). The third kappa shape index (κ3) is 2.37. The molecule has 0 aliphatic carbocycles. The van der Waals surface area contributed by atoms with Crippen LogP contribution >= 0.6 is 0 Å². The van der Waals surface area contributed by atoms with Gasteiger partial charge in [-0.3, -0.25) is 14.5 Å². The second-order valence-corrected chi connectivity index (χ2v) is 5.70. The number of hydrogen-bond donors (Lipinski definition) is 2. The van der Waals surface area contributed by atoms with E-state index in [9.17, 15) is 14.4 Å². The summed E-state index contributed by atoms with van der Waals surface area (Å²) in [7, 11) is 0. The average Bonchev–Trinajstić information content (AvgIpc) is 2.62. The number of piperidine rings is 1. The van der Waals surface area contributed by atoms with Gasteiger partial charge in [0, 0.05) is 32.1 Å². The molecule has 0 atom stereocenters. The van der Waals surface area contributed by atoms with Crippen molar-refractivity contribution in [3.8, 4) is 0 Å². The van der Waals surface area contributed by atoms with Crippen LogP contribution in [-0.2, 0) is 9.59 Å². The first-order valence-corrected chi connectivity index (χ1v) is 7.05. The molecular formula is C13H22N4O3. The van der Waals surface area contributed by atoms with Gasteiger partial charge in [0.1, 0.15) is 5.54 Å². The Morgan fingerprint density at radius 3 is 2.40 bits per heavy atom. The van der Waals surface area contributed by atoms with Gasteiger partial charge in [-0.15, -0.1) is 0 Å². The summed E-state index contributed by atoms with van der Waals surface area (Å²) in [5.41, 5.74) is 4.56. The number of carbonyl (C=O) groups is 3. The fourth-order valence-corrected chi connectivity index (χ4v) is 2.87. The molecule has 112 valence electrons. The van der Waals surface area contributed by atoms with Crippen molar-refractivity contribution in [2.45, 2.75) is 44.7 Å². The minimum absolute atomic E-state index is 0.0137. The maximum atomic E-state index is 12.5. The monoisotopic (exact) mass is 282 g/mol. The molecule has 7 nitrogen and oxygen atoms in total. The van der Waals surface area contributed by atoms with Crippen molar-refractivity contribution in [2.75, 3.05) is 19.6 Å². The van der Waals surface area contributed by atoms with E-state index in [4.69, 9.17) is 5.73 Å². The molecule has 2 aliphatic rings. The van der Waals surface area contributed by atoms with E-state index in [2.05, 4.69) is 5.32 Å². The fraction of sp³-hybridized carbons (Fsp3) is 0.769. The molecule has 7 heteroatoms. The van der Waals surface area contributed by atoms with Crippen LogP contribution in [0.5, 0.6) is 0 Å². The van der Waals surface area contributed by atoms with E-state index in [1.165, 1.54) is 4.90 Å². The standard InChI is InChI=1S/C13H22N4O3/c1-9(2)17-11(19)13(15-12(17)20)4-7-16(8-5-13)10(18)3-6-14/h9H,3-8,14H2,1-2H3,(H,15,20). The highest BCUT2D eigenvalue weighted by molar-refractivity contribution is 6.07. The van der Waals surface area contributed by atoms with Crippen LogP contribution in [0.15, 0.2) is 0 Å². The lowest BCUT2D eigenvalue weighted by Crippen LogP contribution is -2.56. The van der Waals surface area contributed by atoms with Crippen LogP contribution in [0.3, 0.4) is 0 Å². The van der Waals surface area contributed by atoms with Gasteiger partial charge in [0.2, 0.25) is 5.91 Å². The molecular weight excluding hydrogens is 260 g/mol. The molecule has 1 spiro atoms. The Morgan fingerprint density at radius 1 is 1.35 bits per heavy atom. The van der Waals surface area contributed by atoms with E-state index in [1.807, 2.05) is 13.8 Å². The Balaban J connectivity index is 2.04. The molecule has 0 radical (unpaired) electrons. The minimum atomic E-state index is -0.819. The average molecular weight is 282 g/mol. The summed E-state index contributed by atoms with van der Waals surface area (Å²) in [6.07, 6.45) is 1.26. The van der Waals surface area contributed by atoms with Crippen LogP contribution in [-0.4, -0.2) is 58.9 Å². The number of hydrogen-bond acceptors (Lipinski definition) is 4. The number of carbonyl (C=O) groups excluding carboxylic acids is 3. The summed E-state index contributed by atoms with van der Waals surface area (Å²) in [4.78, 5) is 39.1. The number of rotatable bonds is 3. The first kappa shape index (κ1) is 14.8. The number of nitrogens with zero attached hydrogens (tertiary/aromatic N) is 2. The van der Waals surface area contributed by atoms with Gasteiger partial charge in [0.05, 0.1) is 0 Å². The third-order valence-electron chi connectivity index (χ3n) is 4.04. The van der Waals surface area contributed by atoms with Crippen molar-refractivity contribution in [1.82, 2.24) is 15.1 Å². The second-order valence-electron chi connectivity index (χ2n) is 5.70. The number of nitrogens with two attached hydrogens (primary N) is 1. The Morgan fingerprint density at radius 2 is 1.95 bits per heavy atom.